The summed E-state index contributed by atoms with van der Waals surface area (Å²) in [7, 11) is 0. The second-order valence-electron chi connectivity index (χ2n) is 6.43. The average Bonchev–Trinajstić information content (AvgIpc) is 2.88. The van der Waals surface area contributed by atoms with Gasteiger partial charge in [0.25, 0.3) is 0 Å². The third-order valence-corrected chi connectivity index (χ3v) is 3.97. The van der Waals surface area contributed by atoms with Crippen molar-refractivity contribution in [2.75, 3.05) is 26.2 Å². The van der Waals surface area contributed by atoms with E-state index >= 15 is 0 Å². The molecule has 5 heteroatoms. The Hall–Kier alpha value is -0.940. The number of ketones is 1. The van der Waals surface area contributed by atoms with E-state index in [2.05, 4.69) is 22.5 Å². The topological polar surface area (TPSA) is 61.4 Å². The molecular formula is C16H31N3O2. The van der Waals surface area contributed by atoms with Crippen LogP contribution in [0.4, 0.5) is 0 Å². The number of carbonyl (C=O) groups excluding carboxylic acids is 2. The number of amides is 1. The van der Waals surface area contributed by atoms with Gasteiger partial charge < -0.3 is 10.6 Å². The van der Waals surface area contributed by atoms with Gasteiger partial charge in [0, 0.05) is 12.6 Å². The van der Waals surface area contributed by atoms with E-state index in [1.165, 1.54) is 19.8 Å². The lowest BCUT2D eigenvalue weighted by Crippen LogP contribution is -2.49. The highest BCUT2D eigenvalue weighted by Gasteiger charge is 2.23. The van der Waals surface area contributed by atoms with Gasteiger partial charge in [0.05, 0.1) is 12.6 Å². The molecule has 1 heterocycles. The molecule has 0 saturated carbocycles. The molecule has 1 aliphatic heterocycles. The van der Waals surface area contributed by atoms with Gasteiger partial charge in [0.2, 0.25) is 5.91 Å². The number of nitrogens with one attached hydrogen (secondary N) is 2. The largest absolute Gasteiger partial charge is 0.345 e. The van der Waals surface area contributed by atoms with Crippen molar-refractivity contribution < 1.29 is 9.59 Å². The zero-order chi connectivity index (χ0) is 15.8. The molecular weight excluding hydrogens is 266 g/mol. The molecule has 1 saturated heterocycles. The highest BCUT2D eigenvalue weighted by atomic mass is 16.2. The van der Waals surface area contributed by atoms with Crippen molar-refractivity contribution in [1.29, 1.82) is 0 Å². The Labute approximate surface area is 128 Å². The summed E-state index contributed by atoms with van der Waals surface area (Å²) < 4.78 is 0. The quantitative estimate of drug-likeness (QED) is 0.671. The van der Waals surface area contributed by atoms with Crippen molar-refractivity contribution in [3.63, 3.8) is 0 Å². The van der Waals surface area contributed by atoms with Crippen molar-refractivity contribution in [3.8, 4) is 0 Å². The summed E-state index contributed by atoms with van der Waals surface area (Å²) in [4.78, 5) is 26.0. The lowest BCUT2D eigenvalue weighted by atomic mass is 10.0. The Bertz CT molecular complexity index is 338. The predicted octanol–water partition coefficient (Wildman–Crippen LogP) is 1.18. The van der Waals surface area contributed by atoms with E-state index in [1.807, 2.05) is 13.8 Å². The molecule has 2 N–H and O–H groups in total. The Morgan fingerprint density at radius 1 is 1.38 bits per heavy atom. The third kappa shape index (κ3) is 6.57. The maximum absolute atomic E-state index is 12.2. The maximum Gasteiger partial charge on any atom is 0.234 e. The van der Waals surface area contributed by atoms with Gasteiger partial charge in [-0.15, -0.1) is 0 Å². The molecule has 0 aromatic rings. The lowest BCUT2D eigenvalue weighted by molar-refractivity contribution is -0.128. The average molecular weight is 297 g/mol. The van der Waals surface area contributed by atoms with Crippen molar-refractivity contribution in [2.45, 2.75) is 59.0 Å². The van der Waals surface area contributed by atoms with Crippen LogP contribution in [0.2, 0.25) is 0 Å². The van der Waals surface area contributed by atoms with Gasteiger partial charge >= 0.3 is 0 Å². The minimum atomic E-state index is -0.370. The minimum Gasteiger partial charge on any atom is -0.345 e. The van der Waals surface area contributed by atoms with Crippen LogP contribution in [0.25, 0.3) is 0 Å². The van der Waals surface area contributed by atoms with Gasteiger partial charge in [-0.1, -0.05) is 20.8 Å². The molecule has 2 atom stereocenters. The fraction of sp³-hybridized carbons (Fsp3) is 0.875. The van der Waals surface area contributed by atoms with Crippen molar-refractivity contribution in [3.05, 3.63) is 0 Å². The minimum absolute atomic E-state index is 0.0258. The van der Waals surface area contributed by atoms with Crippen LogP contribution in [-0.2, 0) is 9.59 Å². The Balaban J connectivity index is 2.48. The van der Waals surface area contributed by atoms with Crippen molar-refractivity contribution >= 4 is 11.7 Å². The Morgan fingerprint density at radius 3 is 2.57 bits per heavy atom. The van der Waals surface area contributed by atoms with E-state index < -0.39 is 0 Å². The fourth-order valence-corrected chi connectivity index (χ4v) is 2.94. The molecule has 0 radical (unpaired) electrons. The molecule has 1 rings (SSSR count). The first-order valence-electron chi connectivity index (χ1n) is 8.19. The van der Waals surface area contributed by atoms with Crippen LogP contribution < -0.4 is 10.6 Å². The number of carbonyl (C=O) groups is 2. The molecule has 1 amide bonds. The zero-order valence-corrected chi connectivity index (χ0v) is 13.9. The summed E-state index contributed by atoms with van der Waals surface area (Å²) in [6, 6.07) is 0.128. The lowest BCUT2D eigenvalue weighted by Gasteiger charge is -2.26. The number of Topliss-reactive ketones (excluding diaryl/α,β-unsaturated/α-hetero) is 1. The van der Waals surface area contributed by atoms with Gasteiger partial charge in [0.1, 0.15) is 0 Å². The Kier molecular flexibility index (Phi) is 7.89. The Morgan fingerprint density at radius 2 is 2.10 bits per heavy atom. The molecule has 0 aliphatic carbocycles. The van der Waals surface area contributed by atoms with Crippen LogP contribution in [0.3, 0.4) is 0 Å². The molecule has 0 spiro atoms. The van der Waals surface area contributed by atoms with Gasteiger partial charge in [-0.25, -0.2) is 0 Å². The van der Waals surface area contributed by atoms with Crippen molar-refractivity contribution in [2.24, 2.45) is 5.92 Å². The molecule has 0 aromatic heterocycles. The molecule has 21 heavy (non-hydrogen) atoms. The molecule has 0 bridgehead atoms. The van der Waals surface area contributed by atoms with E-state index in [0.717, 1.165) is 26.1 Å². The second kappa shape index (κ2) is 9.15. The number of nitrogens with zero attached hydrogens (tertiary/aromatic N) is 1. The van der Waals surface area contributed by atoms with E-state index in [4.69, 9.17) is 0 Å². The van der Waals surface area contributed by atoms with Crippen LogP contribution >= 0.6 is 0 Å². The SMILES string of the molecule is CCCN(CC(=O)NC(C(C)=O)C(C)C)CC1CCCN1. The molecule has 1 aliphatic rings. The summed E-state index contributed by atoms with van der Waals surface area (Å²) in [5.41, 5.74) is 0. The van der Waals surface area contributed by atoms with Gasteiger partial charge in [-0.2, -0.15) is 0 Å². The summed E-state index contributed by atoms with van der Waals surface area (Å²) in [6.45, 7) is 10.9. The second-order valence-corrected chi connectivity index (χ2v) is 6.43. The highest BCUT2D eigenvalue weighted by Crippen LogP contribution is 2.08. The summed E-state index contributed by atoms with van der Waals surface area (Å²) in [6.07, 6.45) is 3.43. The third-order valence-electron chi connectivity index (χ3n) is 3.97. The smallest absolute Gasteiger partial charge is 0.234 e. The maximum atomic E-state index is 12.2. The fourth-order valence-electron chi connectivity index (χ4n) is 2.94. The highest BCUT2D eigenvalue weighted by molar-refractivity contribution is 5.88. The van der Waals surface area contributed by atoms with Gasteiger partial charge in [0.15, 0.2) is 5.78 Å². The summed E-state index contributed by atoms with van der Waals surface area (Å²) in [5, 5.41) is 6.35. The van der Waals surface area contributed by atoms with E-state index in [-0.39, 0.29) is 23.7 Å². The van der Waals surface area contributed by atoms with Crippen molar-refractivity contribution in [1.82, 2.24) is 15.5 Å². The van der Waals surface area contributed by atoms with Gasteiger partial charge in [-0.3, -0.25) is 14.5 Å². The van der Waals surface area contributed by atoms with Gasteiger partial charge in [-0.05, 0) is 45.2 Å². The molecule has 0 aromatic carbocycles. The normalized spacial score (nSPS) is 20.0. The molecule has 5 nitrogen and oxygen atoms in total. The van der Waals surface area contributed by atoms with E-state index in [1.54, 1.807) is 0 Å². The summed E-state index contributed by atoms with van der Waals surface area (Å²) in [5.74, 6) is 0.107. The summed E-state index contributed by atoms with van der Waals surface area (Å²) >= 11 is 0. The first kappa shape index (κ1) is 18.1. The first-order chi connectivity index (χ1) is 9.93. The molecule has 2 unspecified atom stereocenters. The zero-order valence-electron chi connectivity index (χ0n) is 13.9. The standard InChI is InChI=1S/C16H31N3O2/c1-5-9-19(10-14-7-6-8-17-14)11-15(21)18-16(12(2)3)13(4)20/h12,14,16-17H,5-11H2,1-4H3,(H,18,21). The first-order valence-corrected chi connectivity index (χ1v) is 8.19. The van der Waals surface area contributed by atoms with Crippen LogP contribution in [-0.4, -0.2) is 54.9 Å². The number of hydrogen-bond acceptors (Lipinski definition) is 4. The van der Waals surface area contributed by atoms with Crippen LogP contribution in [0.15, 0.2) is 0 Å². The van der Waals surface area contributed by atoms with Crippen LogP contribution in [0, 0.1) is 5.92 Å². The predicted molar refractivity (Wildman–Crippen MR) is 85.2 cm³/mol. The molecule has 1 fully saturated rings. The number of rotatable bonds is 9. The van der Waals surface area contributed by atoms with Crippen LogP contribution in [0.5, 0.6) is 0 Å². The number of hydrogen-bond donors (Lipinski definition) is 2. The monoisotopic (exact) mass is 297 g/mol. The molecule has 122 valence electrons. The van der Waals surface area contributed by atoms with E-state index in [9.17, 15) is 9.59 Å². The van der Waals surface area contributed by atoms with Crippen LogP contribution in [0.1, 0.15) is 47.0 Å². The van der Waals surface area contributed by atoms with E-state index in [0.29, 0.717) is 12.6 Å².